The van der Waals surface area contributed by atoms with Crippen LogP contribution >= 0.6 is 0 Å². The molecule has 1 aliphatic rings. The Morgan fingerprint density at radius 3 is 2.62 bits per heavy atom. The highest BCUT2D eigenvalue weighted by atomic mass is 16.5. The van der Waals surface area contributed by atoms with Crippen molar-refractivity contribution in [3.8, 4) is 11.8 Å². The predicted octanol–water partition coefficient (Wildman–Crippen LogP) is 4.62. The molecule has 0 bridgehead atoms. The quantitative estimate of drug-likeness (QED) is 0.465. The summed E-state index contributed by atoms with van der Waals surface area (Å²) in [4.78, 5) is 17.2. The fourth-order valence-electron chi connectivity index (χ4n) is 3.93. The third-order valence-corrected chi connectivity index (χ3v) is 5.81. The molecule has 1 aromatic heterocycles. The minimum atomic E-state index is -0.184. The number of nitrogens with zero attached hydrogens (tertiary/aromatic N) is 3. The van der Waals surface area contributed by atoms with E-state index in [-0.39, 0.29) is 24.4 Å². The highest BCUT2D eigenvalue weighted by molar-refractivity contribution is 5.91. The molecule has 0 radical (unpaired) electrons. The molecule has 176 valence electrons. The lowest BCUT2D eigenvalue weighted by Gasteiger charge is -2.25. The highest BCUT2D eigenvalue weighted by Crippen LogP contribution is 2.22. The Labute approximate surface area is 200 Å². The number of anilines is 1. The van der Waals surface area contributed by atoms with Crippen molar-refractivity contribution in [1.82, 2.24) is 4.90 Å². The van der Waals surface area contributed by atoms with Gasteiger partial charge in [-0.25, -0.2) is 0 Å². The lowest BCUT2D eigenvalue weighted by molar-refractivity contribution is 0.0481. The number of furan rings is 1. The van der Waals surface area contributed by atoms with Crippen molar-refractivity contribution in [2.24, 2.45) is 0 Å². The first-order chi connectivity index (χ1) is 16.5. The number of nitriles is 1. The molecule has 4 rings (SSSR count). The van der Waals surface area contributed by atoms with Gasteiger partial charge in [0.2, 0.25) is 0 Å². The van der Waals surface area contributed by atoms with E-state index in [0.29, 0.717) is 30.2 Å². The van der Waals surface area contributed by atoms with Gasteiger partial charge < -0.3 is 23.7 Å². The average molecular weight is 460 g/mol. The SMILES string of the molecule is CN(C)c1ccc(CN(CC2CCCO2)C(=O)c2ccc(COc3ccccc3C#N)o2)cc1. The third kappa shape index (κ3) is 5.77. The average Bonchev–Trinajstić information content (AvgIpc) is 3.55. The van der Waals surface area contributed by atoms with Gasteiger partial charge >= 0.3 is 0 Å². The lowest BCUT2D eigenvalue weighted by Crippen LogP contribution is -2.36. The van der Waals surface area contributed by atoms with E-state index < -0.39 is 0 Å². The number of carbonyl (C=O) groups is 1. The summed E-state index contributed by atoms with van der Waals surface area (Å²) in [5.74, 6) is 1.07. The second-order valence-corrected chi connectivity index (χ2v) is 8.54. The number of para-hydroxylation sites is 1. The molecule has 0 aliphatic carbocycles. The highest BCUT2D eigenvalue weighted by Gasteiger charge is 2.25. The van der Waals surface area contributed by atoms with E-state index in [1.54, 1.807) is 41.3 Å². The maximum atomic E-state index is 13.4. The van der Waals surface area contributed by atoms with Gasteiger partial charge in [-0.05, 0) is 54.8 Å². The molecular weight excluding hydrogens is 430 g/mol. The molecule has 1 fully saturated rings. The monoisotopic (exact) mass is 459 g/mol. The second kappa shape index (κ2) is 10.9. The molecule has 1 atom stereocenters. The largest absolute Gasteiger partial charge is 0.484 e. The van der Waals surface area contributed by atoms with Crippen LogP contribution in [0.5, 0.6) is 5.75 Å². The number of hydrogen-bond donors (Lipinski definition) is 0. The zero-order chi connectivity index (χ0) is 23.9. The standard InChI is InChI=1S/C27H29N3O4/c1-29(2)22-11-9-20(10-12-22)17-30(18-23-7-5-15-32-23)27(31)26-14-13-24(34-26)19-33-25-8-4-3-6-21(25)16-28/h3-4,6,8-14,23H,5,7,15,17-19H2,1-2H3. The Hall–Kier alpha value is -3.76. The van der Waals surface area contributed by atoms with E-state index in [1.165, 1.54) is 0 Å². The molecule has 1 unspecified atom stereocenters. The summed E-state index contributed by atoms with van der Waals surface area (Å²) in [6, 6.07) is 20.7. The van der Waals surface area contributed by atoms with Crippen molar-refractivity contribution in [3.05, 3.63) is 83.3 Å². The van der Waals surface area contributed by atoms with Crippen LogP contribution in [-0.2, 0) is 17.9 Å². The van der Waals surface area contributed by atoms with Crippen LogP contribution in [0.15, 0.2) is 65.1 Å². The molecular formula is C27H29N3O4. The normalized spacial score (nSPS) is 15.0. The Balaban J connectivity index is 1.46. The summed E-state index contributed by atoms with van der Waals surface area (Å²) in [6.45, 7) is 1.84. The zero-order valence-electron chi connectivity index (χ0n) is 19.6. The van der Waals surface area contributed by atoms with Gasteiger partial charge in [0, 0.05) is 39.5 Å². The lowest BCUT2D eigenvalue weighted by atomic mass is 10.1. The van der Waals surface area contributed by atoms with Crippen molar-refractivity contribution in [1.29, 1.82) is 5.26 Å². The maximum Gasteiger partial charge on any atom is 0.289 e. The molecule has 1 amide bonds. The van der Waals surface area contributed by atoms with Gasteiger partial charge in [-0.2, -0.15) is 5.26 Å². The third-order valence-electron chi connectivity index (χ3n) is 5.81. The molecule has 1 aliphatic heterocycles. The molecule has 0 saturated carbocycles. The summed E-state index contributed by atoms with van der Waals surface area (Å²) in [5, 5.41) is 9.22. The Kier molecular flexibility index (Phi) is 7.51. The van der Waals surface area contributed by atoms with Gasteiger partial charge in [-0.1, -0.05) is 24.3 Å². The minimum Gasteiger partial charge on any atom is -0.484 e. The summed E-state index contributed by atoms with van der Waals surface area (Å²) in [7, 11) is 4.00. The van der Waals surface area contributed by atoms with Gasteiger partial charge in [0.25, 0.3) is 5.91 Å². The van der Waals surface area contributed by atoms with Gasteiger partial charge in [-0.3, -0.25) is 4.79 Å². The van der Waals surface area contributed by atoms with Crippen LogP contribution in [0.1, 0.15) is 40.3 Å². The molecule has 3 aromatic rings. The van der Waals surface area contributed by atoms with Crippen molar-refractivity contribution in [3.63, 3.8) is 0 Å². The number of hydrogen-bond acceptors (Lipinski definition) is 6. The Morgan fingerprint density at radius 1 is 1.12 bits per heavy atom. The van der Waals surface area contributed by atoms with E-state index in [0.717, 1.165) is 30.7 Å². The molecule has 1 saturated heterocycles. The van der Waals surface area contributed by atoms with Crippen LogP contribution in [0, 0.1) is 11.3 Å². The first kappa shape index (κ1) is 23.4. The summed E-state index contributed by atoms with van der Waals surface area (Å²) in [5.41, 5.74) is 2.60. The Bertz CT molecular complexity index is 1140. The molecule has 7 nitrogen and oxygen atoms in total. The number of amides is 1. The molecule has 7 heteroatoms. The van der Waals surface area contributed by atoms with Crippen LogP contribution < -0.4 is 9.64 Å². The number of benzene rings is 2. The molecule has 0 N–H and O–H groups in total. The van der Waals surface area contributed by atoms with Gasteiger partial charge in [0.1, 0.15) is 24.2 Å². The van der Waals surface area contributed by atoms with Gasteiger partial charge in [0.05, 0.1) is 11.7 Å². The molecule has 2 aromatic carbocycles. The molecule has 34 heavy (non-hydrogen) atoms. The van der Waals surface area contributed by atoms with Gasteiger partial charge in [-0.15, -0.1) is 0 Å². The van der Waals surface area contributed by atoms with Crippen molar-refractivity contribution >= 4 is 11.6 Å². The second-order valence-electron chi connectivity index (χ2n) is 8.54. The maximum absolute atomic E-state index is 13.4. The Morgan fingerprint density at radius 2 is 1.91 bits per heavy atom. The molecule has 0 spiro atoms. The van der Waals surface area contributed by atoms with Crippen molar-refractivity contribution < 1.29 is 18.7 Å². The van der Waals surface area contributed by atoms with E-state index in [1.807, 2.05) is 43.3 Å². The zero-order valence-corrected chi connectivity index (χ0v) is 19.6. The minimum absolute atomic E-state index is 0.0326. The van der Waals surface area contributed by atoms with Crippen molar-refractivity contribution in [2.45, 2.75) is 32.1 Å². The van der Waals surface area contributed by atoms with Crippen LogP contribution in [-0.4, -0.2) is 44.2 Å². The van der Waals surface area contributed by atoms with Crippen molar-refractivity contribution in [2.75, 3.05) is 32.1 Å². The van der Waals surface area contributed by atoms with Crippen LogP contribution in [0.25, 0.3) is 0 Å². The smallest absolute Gasteiger partial charge is 0.289 e. The number of ether oxygens (including phenoxy) is 2. The topological polar surface area (TPSA) is 78.9 Å². The molecule has 2 heterocycles. The van der Waals surface area contributed by atoms with E-state index in [9.17, 15) is 10.1 Å². The first-order valence-corrected chi connectivity index (χ1v) is 11.4. The van der Waals surface area contributed by atoms with E-state index in [2.05, 4.69) is 6.07 Å². The first-order valence-electron chi connectivity index (χ1n) is 11.4. The van der Waals surface area contributed by atoms with E-state index in [4.69, 9.17) is 13.9 Å². The number of rotatable bonds is 9. The fourth-order valence-corrected chi connectivity index (χ4v) is 3.93. The number of carbonyl (C=O) groups excluding carboxylic acids is 1. The predicted molar refractivity (Wildman–Crippen MR) is 129 cm³/mol. The van der Waals surface area contributed by atoms with Crippen LogP contribution in [0.4, 0.5) is 5.69 Å². The summed E-state index contributed by atoms with van der Waals surface area (Å²) < 4.78 is 17.4. The van der Waals surface area contributed by atoms with Crippen LogP contribution in [0.3, 0.4) is 0 Å². The van der Waals surface area contributed by atoms with E-state index >= 15 is 0 Å². The fraction of sp³-hybridized carbons (Fsp3) is 0.333. The van der Waals surface area contributed by atoms with Crippen LogP contribution in [0.2, 0.25) is 0 Å². The summed E-state index contributed by atoms with van der Waals surface area (Å²) >= 11 is 0. The van der Waals surface area contributed by atoms with Gasteiger partial charge in [0.15, 0.2) is 5.76 Å². The summed E-state index contributed by atoms with van der Waals surface area (Å²) in [6.07, 6.45) is 1.99.